The number of hydrogen-bond acceptors (Lipinski definition) is 2. The van der Waals surface area contributed by atoms with Gasteiger partial charge in [0.05, 0.1) is 6.04 Å². The molecular formula is C18H28N2O. The Morgan fingerprint density at radius 2 is 2.10 bits per heavy atom. The van der Waals surface area contributed by atoms with E-state index in [0.717, 1.165) is 6.42 Å². The van der Waals surface area contributed by atoms with Gasteiger partial charge in [-0.15, -0.1) is 0 Å². The molecule has 1 aliphatic heterocycles. The van der Waals surface area contributed by atoms with E-state index >= 15 is 0 Å². The van der Waals surface area contributed by atoms with Crippen molar-refractivity contribution in [3.05, 3.63) is 35.4 Å². The fourth-order valence-electron chi connectivity index (χ4n) is 3.14. The number of carbonyl (C=O) groups excluding carboxylic acids is 1. The Kier molecular flexibility index (Phi) is 5.40. The Balaban J connectivity index is 2.16. The van der Waals surface area contributed by atoms with E-state index in [4.69, 9.17) is 0 Å². The van der Waals surface area contributed by atoms with Gasteiger partial charge in [0.15, 0.2) is 0 Å². The smallest absolute Gasteiger partial charge is 0.241 e. The molecule has 1 heterocycles. The molecule has 3 atom stereocenters. The van der Waals surface area contributed by atoms with Crippen LogP contribution in [0.5, 0.6) is 0 Å². The molecule has 1 aliphatic rings. The molecule has 1 fully saturated rings. The molecule has 1 saturated heterocycles. The molecule has 0 radical (unpaired) electrons. The summed E-state index contributed by atoms with van der Waals surface area (Å²) in [7, 11) is 0. The second kappa shape index (κ2) is 7.08. The zero-order valence-electron chi connectivity index (χ0n) is 13.7. The number of amides is 1. The topological polar surface area (TPSA) is 32.3 Å². The highest BCUT2D eigenvalue weighted by Crippen LogP contribution is 2.29. The summed E-state index contributed by atoms with van der Waals surface area (Å²) in [5.41, 5.74) is 2.43. The van der Waals surface area contributed by atoms with Gasteiger partial charge in [-0.25, -0.2) is 0 Å². The summed E-state index contributed by atoms with van der Waals surface area (Å²) in [6.07, 6.45) is 4.75. The molecule has 2 rings (SSSR count). The lowest BCUT2D eigenvalue weighted by atomic mass is 10.0. The van der Waals surface area contributed by atoms with Crippen LogP contribution < -0.4 is 5.32 Å². The van der Waals surface area contributed by atoms with Gasteiger partial charge < -0.3 is 4.90 Å². The summed E-state index contributed by atoms with van der Waals surface area (Å²) in [5.74, 6) is 0.227. The molecule has 1 aromatic carbocycles. The largest absolute Gasteiger partial charge is 0.319 e. The van der Waals surface area contributed by atoms with Crippen LogP contribution in [0.2, 0.25) is 0 Å². The van der Waals surface area contributed by atoms with Gasteiger partial charge in [0.25, 0.3) is 0 Å². The van der Waals surface area contributed by atoms with E-state index in [1.54, 1.807) is 0 Å². The number of nitrogens with one attached hydrogen (secondary N) is 1. The molecule has 116 valence electrons. The van der Waals surface area contributed by atoms with Crippen LogP contribution in [-0.2, 0) is 4.79 Å². The minimum atomic E-state index is -0.0934. The first-order valence-corrected chi connectivity index (χ1v) is 8.19. The van der Waals surface area contributed by atoms with Gasteiger partial charge in [-0.05, 0) is 32.8 Å². The second-order valence-corrected chi connectivity index (χ2v) is 6.30. The zero-order valence-corrected chi connectivity index (χ0v) is 13.7. The van der Waals surface area contributed by atoms with Crippen LogP contribution in [0.25, 0.3) is 0 Å². The first kappa shape index (κ1) is 16.0. The van der Waals surface area contributed by atoms with Crippen LogP contribution in [0, 0.1) is 6.92 Å². The lowest BCUT2D eigenvalue weighted by Crippen LogP contribution is -2.38. The van der Waals surface area contributed by atoms with Crippen molar-refractivity contribution >= 4 is 5.91 Å². The molecule has 3 nitrogen and oxygen atoms in total. The summed E-state index contributed by atoms with van der Waals surface area (Å²) in [6, 6.07) is 8.64. The number of rotatable bonds is 6. The molecule has 1 amide bonds. The molecule has 0 bridgehead atoms. The van der Waals surface area contributed by atoms with Crippen molar-refractivity contribution in [1.82, 2.24) is 10.2 Å². The standard InChI is InChI=1S/C18H28N2O/c1-5-6-7-10-14(3)20-17(19-15(4)18(20)21)16-11-8-9-13(2)12-16/h8-9,11-12,14-15,17,19H,5-7,10H2,1-4H3. The Labute approximate surface area is 128 Å². The molecule has 1 aromatic rings. The number of benzene rings is 1. The van der Waals surface area contributed by atoms with E-state index in [0.29, 0.717) is 0 Å². The van der Waals surface area contributed by atoms with Crippen molar-refractivity contribution in [2.45, 2.75) is 71.6 Å². The van der Waals surface area contributed by atoms with E-state index in [1.807, 2.05) is 6.92 Å². The number of unbranched alkanes of at least 4 members (excludes halogenated alkanes) is 2. The highest BCUT2D eigenvalue weighted by molar-refractivity contribution is 5.84. The van der Waals surface area contributed by atoms with Crippen LogP contribution in [0.3, 0.4) is 0 Å². The van der Waals surface area contributed by atoms with Crippen molar-refractivity contribution in [1.29, 1.82) is 0 Å². The van der Waals surface area contributed by atoms with E-state index in [1.165, 1.54) is 30.4 Å². The maximum atomic E-state index is 12.5. The molecule has 0 spiro atoms. The fourth-order valence-corrected chi connectivity index (χ4v) is 3.14. The maximum Gasteiger partial charge on any atom is 0.241 e. The van der Waals surface area contributed by atoms with Gasteiger partial charge in [-0.3, -0.25) is 10.1 Å². The maximum absolute atomic E-state index is 12.5. The van der Waals surface area contributed by atoms with Crippen LogP contribution in [0.15, 0.2) is 24.3 Å². The highest BCUT2D eigenvalue weighted by Gasteiger charge is 2.39. The average molecular weight is 288 g/mol. The van der Waals surface area contributed by atoms with E-state index in [2.05, 4.69) is 55.3 Å². The third-order valence-corrected chi connectivity index (χ3v) is 4.37. The summed E-state index contributed by atoms with van der Waals surface area (Å²) >= 11 is 0. The number of aryl methyl sites for hydroxylation is 1. The minimum Gasteiger partial charge on any atom is -0.319 e. The van der Waals surface area contributed by atoms with Crippen LogP contribution in [0.1, 0.15) is 63.7 Å². The average Bonchev–Trinajstić information content (AvgIpc) is 2.75. The summed E-state index contributed by atoms with van der Waals surface area (Å²) in [6.45, 7) is 8.45. The molecule has 0 saturated carbocycles. The van der Waals surface area contributed by atoms with E-state index < -0.39 is 0 Å². The van der Waals surface area contributed by atoms with Crippen molar-refractivity contribution in [3.8, 4) is 0 Å². The number of hydrogen-bond donors (Lipinski definition) is 1. The first-order chi connectivity index (χ1) is 10.0. The quantitative estimate of drug-likeness (QED) is 0.808. The van der Waals surface area contributed by atoms with E-state index in [-0.39, 0.29) is 24.2 Å². The van der Waals surface area contributed by atoms with Gasteiger partial charge in [-0.2, -0.15) is 0 Å². The Bertz CT molecular complexity index is 486. The summed E-state index contributed by atoms with van der Waals surface area (Å²) in [5, 5.41) is 3.44. The third-order valence-electron chi connectivity index (χ3n) is 4.37. The SMILES string of the molecule is CCCCCC(C)N1C(=O)C(C)NC1c1cccc(C)c1. The third kappa shape index (κ3) is 3.65. The van der Waals surface area contributed by atoms with Crippen molar-refractivity contribution in [3.63, 3.8) is 0 Å². The predicted octanol–water partition coefficient (Wildman–Crippen LogP) is 3.78. The van der Waals surface area contributed by atoms with Gasteiger partial charge >= 0.3 is 0 Å². The summed E-state index contributed by atoms with van der Waals surface area (Å²) < 4.78 is 0. The molecule has 3 heteroatoms. The monoisotopic (exact) mass is 288 g/mol. The van der Waals surface area contributed by atoms with Crippen molar-refractivity contribution in [2.24, 2.45) is 0 Å². The van der Waals surface area contributed by atoms with Crippen LogP contribution in [0.4, 0.5) is 0 Å². The molecule has 3 unspecified atom stereocenters. The highest BCUT2D eigenvalue weighted by atomic mass is 16.2. The van der Waals surface area contributed by atoms with Gasteiger partial charge in [0.2, 0.25) is 5.91 Å². The normalized spacial score (nSPS) is 23.6. The second-order valence-electron chi connectivity index (χ2n) is 6.30. The molecule has 21 heavy (non-hydrogen) atoms. The molecule has 0 aromatic heterocycles. The lowest BCUT2D eigenvalue weighted by Gasteiger charge is -2.31. The van der Waals surface area contributed by atoms with Crippen LogP contribution >= 0.6 is 0 Å². The van der Waals surface area contributed by atoms with Crippen molar-refractivity contribution < 1.29 is 4.79 Å². The van der Waals surface area contributed by atoms with Crippen molar-refractivity contribution in [2.75, 3.05) is 0 Å². The molecule has 0 aliphatic carbocycles. The first-order valence-electron chi connectivity index (χ1n) is 8.19. The number of carbonyl (C=O) groups is 1. The van der Waals surface area contributed by atoms with Gasteiger partial charge in [-0.1, -0.05) is 56.0 Å². The predicted molar refractivity (Wildman–Crippen MR) is 87.0 cm³/mol. The number of nitrogens with zero attached hydrogens (tertiary/aromatic N) is 1. The molecule has 1 N–H and O–H groups in total. The Hall–Kier alpha value is -1.35. The summed E-state index contributed by atoms with van der Waals surface area (Å²) in [4.78, 5) is 14.6. The van der Waals surface area contributed by atoms with Gasteiger partial charge in [0.1, 0.15) is 6.17 Å². The lowest BCUT2D eigenvalue weighted by molar-refractivity contribution is -0.131. The van der Waals surface area contributed by atoms with E-state index in [9.17, 15) is 4.79 Å². The fraction of sp³-hybridized carbons (Fsp3) is 0.611. The molecular weight excluding hydrogens is 260 g/mol. The Morgan fingerprint density at radius 3 is 2.76 bits per heavy atom. The Morgan fingerprint density at radius 1 is 1.33 bits per heavy atom. The zero-order chi connectivity index (χ0) is 15.4. The van der Waals surface area contributed by atoms with Crippen LogP contribution in [-0.4, -0.2) is 22.9 Å². The minimum absolute atomic E-state index is 0.0176. The van der Waals surface area contributed by atoms with Gasteiger partial charge in [0, 0.05) is 6.04 Å².